The Bertz CT molecular complexity index is 1160. The van der Waals surface area contributed by atoms with Gasteiger partial charge >= 0.3 is 12.1 Å². The van der Waals surface area contributed by atoms with E-state index in [-0.39, 0.29) is 39.1 Å². The second-order valence-electron chi connectivity index (χ2n) is 8.72. The van der Waals surface area contributed by atoms with Gasteiger partial charge in [-0.3, -0.25) is 14.5 Å². The van der Waals surface area contributed by atoms with Crippen molar-refractivity contribution >= 4 is 46.3 Å². The van der Waals surface area contributed by atoms with E-state index in [1.54, 1.807) is 12.1 Å². The van der Waals surface area contributed by atoms with Crippen LogP contribution in [0.15, 0.2) is 53.7 Å². The Balaban J connectivity index is 2.07. The van der Waals surface area contributed by atoms with Crippen molar-refractivity contribution in [1.29, 1.82) is 0 Å². The summed E-state index contributed by atoms with van der Waals surface area (Å²) in [7, 11) is 0. The molecule has 0 aromatic heterocycles. The van der Waals surface area contributed by atoms with Crippen molar-refractivity contribution in [2.24, 2.45) is 5.41 Å². The molecule has 0 bridgehead atoms. The number of hydrogen-bond donors (Lipinski definition) is 1. The van der Waals surface area contributed by atoms with Crippen molar-refractivity contribution < 1.29 is 22.8 Å². The maximum atomic E-state index is 13.8. The number of benzene rings is 2. The lowest BCUT2D eigenvalue weighted by Gasteiger charge is -2.37. The molecule has 0 spiro atoms. The van der Waals surface area contributed by atoms with Crippen molar-refractivity contribution in [3.63, 3.8) is 0 Å². The summed E-state index contributed by atoms with van der Waals surface area (Å²) in [5.41, 5.74) is 0.666. The fourth-order valence-corrected chi connectivity index (χ4v) is 4.88. The van der Waals surface area contributed by atoms with Gasteiger partial charge in [0.05, 0.1) is 17.4 Å². The van der Waals surface area contributed by atoms with Gasteiger partial charge in [-0.05, 0) is 41.7 Å². The standard InChI is InChI=1S/C23H19Cl2F3N2O2/c1-22(2)10-16-19(18(31)11-22)20(13-8-7-12(24)9-14(13)25)30(21(32)23(26,27)28)17-6-4-3-5-15(17)29-16/h3-9,20,29H,10-11H2,1-2H3/t20-/m0/s1. The van der Waals surface area contributed by atoms with Gasteiger partial charge in [0.1, 0.15) is 0 Å². The molecule has 1 aliphatic carbocycles. The van der Waals surface area contributed by atoms with Gasteiger partial charge in [0, 0.05) is 27.7 Å². The predicted molar refractivity (Wildman–Crippen MR) is 118 cm³/mol. The van der Waals surface area contributed by atoms with E-state index in [2.05, 4.69) is 5.32 Å². The van der Waals surface area contributed by atoms with Crippen molar-refractivity contribution in [2.45, 2.75) is 38.9 Å². The molecule has 0 saturated heterocycles. The third-order valence-electron chi connectivity index (χ3n) is 5.62. The predicted octanol–water partition coefficient (Wildman–Crippen LogP) is 6.70. The highest BCUT2D eigenvalue weighted by atomic mass is 35.5. The molecular formula is C23H19Cl2F3N2O2. The van der Waals surface area contributed by atoms with Crippen LogP contribution < -0.4 is 10.2 Å². The van der Waals surface area contributed by atoms with Crippen LogP contribution in [0, 0.1) is 5.41 Å². The van der Waals surface area contributed by atoms with Crippen LogP contribution in [0.3, 0.4) is 0 Å². The van der Waals surface area contributed by atoms with E-state index < -0.39 is 23.5 Å². The number of alkyl halides is 3. The van der Waals surface area contributed by atoms with Gasteiger partial charge in [-0.1, -0.05) is 55.2 Å². The zero-order chi connectivity index (χ0) is 23.4. The van der Waals surface area contributed by atoms with E-state index in [0.717, 1.165) is 0 Å². The van der Waals surface area contributed by atoms with E-state index in [4.69, 9.17) is 23.2 Å². The molecule has 0 fully saturated rings. The number of carbonyl (C=O) groups excluding carboxylic acids is 2. The minimum atomic E-state index is -5.17. The molecule has 1 N–H and O–H groups in total. The number of hydrogen-bond acceptors (Lipinski definition) is 3. The molecule has 1 aliphatic heterocycles. The van der Waals surface area contributed by atoms with Crippen LogP contribution in [0.4, 0.5) is 24.5 Å². The van der Waals surface area contributed by atoms with Gasteiger partial charge in [-0.15, -0.1) is 0 Å². The Labute approximate surface area is 193 Å². The van der Waals surface area contributed by atoms with Crippen LogP contribution in [-0.2, 0) is 9.59 Å². The summed E-state index contributed by atoms with van der Waals surface area (Å²) < 4.78 is 41.4. The maximum Gasteiger partial charge on any atom is 0.471 e. The minimum absolute atomic E-state index is 0.00541. The number of allylic oxidation sites excluding steroid dienone is 1. The van der Waals surface area contributed by atoms with Crippen LogP contribution in [-0.4, -0.2) is 17.9 Å². The molecule has 9 heteroatoms. The third-order valence-corrected chi connectivity index (χ3v) is 6.18. The molecule has 0 unspecified atom stereocenters. The molecule has 4 nitrogen and oxygen atoms in total. The van der Waals surface area contributed by atoms with E-state index in [0.29, 0.717) is 22.7 Å². The van der Waals surface area contributed by atoms with Crippen molar-refractivity contribution in [3.05, 3.63) is 69.3 Å². The number of para-hydroxylation sites is 2. The molecule has 0 radical (unpaired) electrons. The summed E-state index contributed by atoms with van der Waals surface area (Å²) in [6.07, 6.45) is -4.63. The fraction of sp³-hybridized carbons (Fsp3) is 0.304. The number of anilines is 2. The molecule has 32 heavy (non-hydrogen) atoms. The molecule has 2 aliphatic rings. The normalized spacial score (nSPS) is 20.3. The van der Waals surface area contributed by atoms with Gasteiger partial charge < -0.3 is 5.32 Å². The molecule has 2 aromatic carbocycles. The van der Waals surface area contributed by atoms with Crippen LogP contribution in [0.2, 0.25) is 10.0 Å². The number of halogens is 5. The monoisotopic (exact) mass is 482 g/mol. The van der Waals surface area contributed by atoms with E-state index in [1.807, 2.05) is 13.8 Å². The number of rotatable bonds is 1. The number of nitrogens with one attached hydrogen (secondary N) is 1. The highest BCUT2D eigenvalue weighted by Gasteiger charge is 2.50. The van der Waals surface area contributed by atoms with Crippen LogP contribution in [0.1, 0.15) is 38.3 Å². The summed E-state index contributed by atoms with van der Waals surface area (Å²) in [5, 5.41) is 3.49. The highest BCUT2D eigenvalue weighted by molar-refractivity contribution is 6.35. The Morgan fingerprint density at radius 3 is 2.47 bits per heavy atom. The second kappa shape index (κ2) is 7.81. The molecule has 1 atom stereocenters. The van der Waals surface area contributed by atoms with Gasteiger partial charge in [0.25, 0.3) is 0 Å². The first-order valence-electron chi connectivity index (χ1n) is 9.87. The molecule has 1 heterocycles. The van der Waals surface area contributed by atoms with Crippen LogP contribution >= 0.6 is 23.2 Å². The smallest absolute Gasteiger partial charge is 0.357 e. The zero-order valence-corrected chi connectivity index (χ0v) is 18.7. The number of Topliss-reactive ketones (excluding diaryl/α,β-unsaturated/α-hetero) is 1. The number of carbonyl (C=O) groups is 2. The number of fused-ring (bicyclic) bond motifs is 1. The summed E-state index contributed by atoms with van der Waals surface area (Å²) in [5.74, 6) is -2.43. The summed E-state index contributed by atoms with van der Waals surface area (Å²) in [6, 6.07) is 9.12. The lowest BCUT2D eigenvalue weighted by atomic mass is 9.73. The Morgan fingerprint density at radius 2 is 1.81 bits per heavy atom. The lowest BCUT2D eigenvalue weighted by Crippen LogP contribution is -2.45. The van der Waals surface area contributed by atoms with Crippen LogP contribution in [0.25, 0.3) is 0 Å². The zero-order valence-electron chi connectivity index (χ0n) is 17.2. The molecule has 0 saturated carbocycles. The van der Waals surface area contributed by atoms with Crippen molar-refractivity contribution in [1.82, 2.24) is 0 Å². The van der Waals surface area contributed by atoms with Crippen molar-refractivity contribution in [3.8, 4) is 0 Å². The summed E-state index contributed by atoms with van der Waals surface area (Å²) >= 11 is 12.4. The molecule has 1 amide bonds. The largest absolute Gasteiger partial charge is 0.471 e. The van der Waals surface area contributed by atoms with E-state index in [9.17, 15) is 22.8 Å². The molecule has 4 rings (SSSR count). The van der Waals surface area contributed by atoms with Gasteiger partial charge in [0.2, 0.25) is 0 Å². The quantitative estimate of drug-likeness (QED) is 0.491. The third kappa shape index (κ3) is 3.99. The van der Waals surface area contributed by atoms with Gasteiger partial charge in [0.15, 0.2) is 5.78 Å². The van der Waals surface area contributed by atoms with E-state index >= 15 is 0 Å². The molecule has 2 aromatic rings. The summed E-state index contributed by atoms with van der Waals surface area (Å²) in [6.45, 7) is 3.83. The second-order valence-corrected chi connectivity index (χ2v) is 9.56. The van der Waals surface area contributed by atoms with Gasteiger partial charge in [-0.2, -0.15) is 13.2 Å². The SMILES string of the molecule is CC1(C)CC(=O)C2=C(C1)Nc1ccccc1N(C(=O)C(F)(F)F)[C@H]2c1ccc(Cl)cc1Cl. The molecular weight excluding hydrogens is 464 g/mol. The van der Waals surface area contributed by atoms with Crippen LogP contribution in [0.5, 0.6) is 0 Å². The van der Waals surface area contributed by atoms with Gasteiger partial charge in [-0.25, -0.2) is 0 Å². The van der Waals surface area contributed by atoms with E-state index in [1.165, 1.54) is 30.3 Å². The fourth-order valence-electron chi connectivity index (χ4n) is 4.36. The average molecular weight is 483 g/mol. The molecule has 168 valence electrons. The maximum absolute atomic E-state index is 13.8. The minimum Gasteiger partial charge on any atom is -0.357 e. The van der Waals surface area contributed by atoms with Crippen molar-refractivity contribution in [2.75, 3.05) is 10.2 Å². The number of amides is 1. The topological polar surface area (TPSA) is 49.4 Å². The Kier molecular flexibility index (Phi) is 5.54. The first-order chi connectivity index (χ1) is 14.9. The first kappa shape index (κ1) is 22.7. The average Bonchev–Trinajstić information content (AvgIpc) is 2.80. The summed E-state index contributed by atoms with van der Waals surface area (Å²) in [4.78, 5) is 26.7. The highest BCUT2D eigenvalue weighted by Crippen LogP contribution is 2.50. The lowest BCUT2D eigenvalue weighted by molar-refractivity contribution is -0.170. The number of ketones is 1. The number of nitrogens with zero attached hydrogens (tertiary/aromatic N) is 1. The Morgan fingerprint density at radius 1 is 1.12 bits per heavy atom. The first-order valence-corrected chi connectivity index (χ1v) is 10.6. The Hall–Kier alpha value is -2.51.